The largest absolute Gasteiger partial charge is 0.349 e. The smallest absolute Gasteiger partial charge is 0.261 e. The van der Waals surface area contributed by atoms with Gasteiger partial charge >= 0.3 is 0 Å². The van der Waals surface area contributed by atoms with Crippen LogP contribution < -0.4 is 15.4 Å². The molecule has 3 rings (SSSR count). The third-order valence-corrected chi connectivity index (χ3v) is 6.86. The molecule has 0 bridgehead atoms. The summed E-state index contributed by atoms with van der Waals surface area (Å²) in [5.41, 5.74) is 1.40. The van der Waals surface area contributed by atoms with E-state index in [0.29, 0.717) is 34.9 Å². The van der Waals surface area contributed by atoms with Crippen LogP contribution in [0.25, 0.3) is 0 Å². The first-order chi connectivity index (χ1) is 16.3. The van der Waals surface area contributed by atoms with Crippen LogP contribution in [0.4, 0.5) is 11.4 Å². The predicted octanol–water partition coefficient (Wildman–Crippen LogP) is 4.30. The third kappa shape index (κ3) is 6.93. The van der Waals surface area contributed by atoms with Crippen molar-refractivity contribution in [2.45, 2.75) is 28.2 Å². The van der Waals surface area contributed by atoms with E-state index < -0.39 is 10.0 Å². The van der Waals surface area contributed by atoms with E-state index in [1.54, 1.807) is 61.5 Å². The Hall–Kier alpha value is -3.63. The van der Waals surface area contributed by atoms with Crippen molar-refractivity contribution < 1.29 is 18.0 Å². The molecule has 0 aliphatic carbocycles. The molecule has 0 spiro atoms. The van der Waals surface area contributed by atoms with E-state index in [0.717, 1.165) is 4.90 Å². The first kappa shape index (κ1) is 25.0. The minimum Gasteiger partial charge on any atom is -0.349 e. The van der Waals surface area contributed by atoms with E-state index in [9.17, 15) is 18.0 Å². The molecule has 0 aliphatic heterocycles. The van der Waals surface area contributed by atoms with Crippen LogP contribution in [0, 0.1) is 0 Å². The predicted molar refractivity (Wildman–Crippen MR) is 134 cm³/mol. The number of carbonyl (C=O) groups is 2. The van der Waals surface area contributed by atoms with E-state index in [1.807, 2.05) is 0 Å². The summed E-state index contributed by atoms with van der Waals surface area (Å²) in [7, 11) is -3.78. The lowest BCUT2D eigenvalue weighted by Crippen LogP contribution is -2.23. The second-order valence-electron chi connectivity index (χ2n) is 7.04. The van der Waals surface area contributed by atoms with Crippen molar-refractivity contribution in [1.29, 1.82) is 0 Å². The van der Waals surface area contributed by atoms with E-state index in [2.05, 4.69) is 26.9 Å². The number of carbonyl (C=O) groups excluding carboxylic acids is 2. The van der Waals surface area contributed by atoms with Gasteiger partial charge in [-0.3, -0.25) is 14.3 Å². The Labute approximate surface area is 202 Å². The van der Waals surface area contributed by atoms with E-state index in [1.165, 1.54) is 30.1 Å². The number of pyridine rings is 1. The van der Waals surface area contributed by atoms with Gasteiger partial charge in [-0.25, -0.2) is 13.4 Å². The molecule has 3 aromatic rings. The molecule has 0 fully saturated rings. The Balaban J connectivity index is 1.61. The summed E-state index contributed by atoms with van der Waals surface area (Å²) in [5.74, 6) is -0.368. The molecule has 8 nitrogen and oxygen atoms in total. The van der Waals surface area contributed by atoms with Crippen molar-refractivity contribution >= 4 is 45.0 Å². The quantitative estimate of drug-likeness (QED) is 0.360. The van der Waals surface area contributed by atoms with Gasteiger partial charge in [0, 0.05) is 35.4 Å². The zero-order valence-electron chi connectivity index (χ0n) is 18.4. The maximum atomic E-state index is 12.7. The van der Waals surface area contributed by atoms with Crippen molar-refractivity contribution in [2.24, 2.45) is 0 Å². The normalized spacial score (nSPS) is 10.9. The van der Waals surface area contributed by atoms with Gasteiger partial charge in [-0.15, -0.1) is 6.58 Å². The number of hydrogen-bond donors (Lipinski definition) is 3. The molecule has 0 unspecified atom stereocenters. The zero-order valence-corrected chi connectivity index (χ0v) is 20.1. The Morgan fingerprint density at radius 2 is 1.68 bits per heavy atom. The minimum atomic E-state index is -3.78. The number of amides is 2. The SMILES string of the molecule is C=CCNC(=O)c1ccc(Sc2ccc(NS(=O)(=O)c3ccc(NC(=O)CC)cc3)cc2)nc1. The molecule has 1 aromatic heterocycles. The average molecular weight is 497 g/mol. The number of nitrogens with zero attached hydrogens (tertiary/aromatic N) is 1. The van der Waals surface area contributed by atoms with Crippen molar-refractivity contribution in [3.63, 3.8) is 0 Å². The molecule has 2 aromatic carbocycles. The van der Waals surface area contributed by atoms with Crippen LogP contribution in [0.5, 0.6) is 0 Å². The molecule has 0 aliphatic rings. The van der Waals surface area contributed by atoms with Gasteiger partial charge in [-0.1, -0.05) is 24.8 Å². The standard InChI is InChI=1S/C24H24N4O4S2/c1-3-15-25-24(30)17-5-14-23(26-16-17)33-20-10-6-19(7-11-20)28-34(31,32)21-12-8-18(9-13-21)27-22(29)4-2/h3,5-14,16,28H,1,4,15H2,2H3,(H,25,30)(H,27,29). The van der Waals surface area contributed by atoms with Gasteiger partial charge in [0.05, 0.1) is 10.5 Å². The summed E-state index contributed by atoms with van der Waals surface area (Å²) >= 11 is 1.39. The van der Waals surface area contributed by atoms with Crippen molar-refractivity contribution in [1.82, 2.24) is 10.3 Å². The second kappa shape index (κ2) is 11.5. The Bertz CT molecular complexity index is 1260. The third-order valence-electron chi connectivity index (χ3n) is 4.50. The van der Waals surface area contributed by atoms with E-state index in [4.69, 9.17) is 0 Å². The summed E-state index contributed by atoms with van der Waals surface area (Å²) in [4.78, 5) is 28.6. The number of hydrogen-bond acceptors (Lipinski definition) is 6. The molecule has 176 valence electrons. The molecule has 1 heterocycles. The fraction of sp³-hybridized carbons (Fsp3) is 0.125. The van der Waals surface area contributed by atoms with E-state index >= 15 is 0 Å². The topological polar surface area (TPSA) is 117 Å². The van der Waals surface area contributed by atoms with Crippen LogP contribution in [-0.4, -0.2) is 31.8 Å². The number of sulfonamides is 1. The van der Waals surface area contributed by atoms with Gasteiger partial charge in [0.15, 0.2) is 0 Å². The molecule has 2 amide bonds. The summed E-state index contributed by atoms with van der Waals surface area (Å²) < 4.78 is 27.9. The fourth-order valence-corrected chi connectivity index (χ4v) is 4.55. The summed E-state index contributed by atoms with van der Waals surface area (Å²) in [6.45, 7) is 5.68. The first-order valence-electron chi connectivity index (χ1n) is 10.4. The Morgan fingerprint density at radius 3 is 2.26 bits per heavy atom. The zero-order chi connectivity index (χ0) is 24.6. The van der Waals surface area contributed by atoms with Crippen LogP contribution in [0.2, 0.25) is 0 Å². The highest BCUT2D eigenvalue weighted by Crippen LogP contribution is 2.28. The highest BCUT2D eigenvalue weighted by atomic mass is 32.2. The molecule has 10 heteroatoms. The molecule has 0 saturated heterocycles. The van der Waals surface area contributed by atoms with Gasteiger partial charge in [0.2, 0.25) is 5.91 Å². The van der Waals surface area contributed by atoms with Gasteiger partial charge in [0.25, 0.3) is 15.9 Å². The summed E-state index contributed by atoms with van der Waals surface area (Å²) in [6, 6.07) is 16.3. The monoisotopic (exact) mass is 496 g/mol. The molecule has 3 N–H and O–H groups in total. The maximum absolute atomic E-state index is 12.7. The van der Waals surface area contributed by atoms with Crippen molar-refractivity contribution in [2.75, 3.05) is 16.6 Å². The molecule has 0 radical (unpaired) electrons. The highest BCUT2D eigenvalue weighted by Gasteiger charge is 2.14. The molecular formula is C24H24N4O4S2. The number of rotatable bonds is 10. The summed E-state index contributed by atoms with van der Waals surface area (Å²) in [6.07, 6.45) is 3.44. The van der Waals surface area contributed by atoms with Crippen molar-refractivity contribution in [3.8, 4) is 0 Å². The molecular weight excluding hydrogens is 472 g/mol. The van der Waals surface area contributed by atoms with Gasteiger partial charge in [-0.2, -0.15) is 0 Å². The Kier molecular flexibility index (Phi) is 8.44. The number of benzene rings is 2. The number of aromatic nitrogens is 1. The van der Waals surface area contributed by atoms with Crippen LogP contribution >= 0.6 is 11.8 Å². The van der Waals surface area contributed by atoms with Crippen molar-refractivity contribution in [3.05, 3.63) is 85.1 Å². The lowest BCUT2D eigenvalue weighted by molar-refractivity contribution is -0.115. The highest BCUT2D eigenvalue weighted by molar-refractivity contribution is 7.99. The lowest BCUT2D eigenvalue weighted by Gasteiger charge is -2.10. The lowest BCUT2D eigenvalue weighted by atomic mass is 10.3. The summed E-state index contributed by atoms with van der Waals surface area (Å²) in [5, 5.41) is 6.07. The average Bonchev–Trinajstić information content (AvgIpc) is 2.84. The molecule has 0 saturated carbocycles. The fourth-order valence-electron chi connectivity index (χ4n) is 2.73. The number of anilines is 2. The Morgan fingerprint density at radius 1 is 1.00 bits per heavy atom. The van der Waals surface area contributed by atoms with Gasteiger partial charge in [0.1, 0.15) is 5.03 Å². The maximum Gasteiger partial charge on any atom is 0.261 e. The van der Waals surface area contributed by atoms with Gasteiger partial charge in [-0.05, 0) is 60.7 Å². The van der Waals surface area contributed by atoms with Gasteiger partial charge < -0.3 is 10.6 Å². The molecule has 34 heavy (non-hydrogen) atoms. The number of nitrogens with one attached hydrogen (secondary N) is 3. The van der Waals surface area contributed by atoms with Crippen LogP contribution in [0.1, 0.15) is 23.7 Å². The second-order valence-corrected chi connectivity index (χ2v) is 9.82. The molecule has 0 atom stereocenters. The van der Waals surface area contributed by atoms with Crippen LogP contribution in [0.15, 0.2) is 94.3 Å². The van der Waals surface area contributed by atoms with E-state index in [-0.39, 0.29) is 16.7 Å². The van der Waals surface area contributed by atoms with Crippen LogP contribution in [-0.2, 0) is 14.8 Å². The first-order valence-corrected chi connectivity index (χ1v) is 12.7. The van der Waals surface area contributed by atoms with Crippen LogP contribution in [0.3, 0.4) is 0 Å². The minimum absolute atomic E-state index is 0.0851.